The van der Waals surface area contributed by atoms with Gasteiger partial charge in [-0.15, -0.1) is 0 Å². The third-order valence-corrected chi connectivity index (χ3v) is 4.23. The molecular weight excluding hydrogens is 293 g/mol. The first kappa shape index (κ1) is 16.5. The van der Waals surface area contributed by atoms with E-state index < -0.39 is 28.7 Å². The lowest BCUT2D eigenvalue weighted by molar-refractivity contribution is -0.137. The maximum atomic E-state index is 12.2. The largest absolute Gasteiger partial charge is 0.390 e. The van der Waals surface area contributed by atoms with E-state index >= 15 is 0 Å². The second-order valence-corrected chi connectivity index (χ2v) is 6.12. The number of hydrogen-bond donors (Lipinski definition) is 1. The van der Waals surface area contributed by atoms with Crippen LogP contribution in [0.4, 0.5) is 13.2 Å². The van der Waals surface area contributed by atoms with Crippen molar-refractivity contribution in [2.45, 2.75) is 37.4 Å². The Balaban J connectivity index is 3.03. The van der Waals surface area contributed by atoms with E-state index in [9.17, 15) is 21.6 Å². The number of halogens is 3. The van der Waals surface area contributed by atoms with Gasteiger partial charge in [-0.3, -0.25) is 0 Å². The summed E-state index contributed by atoms with van der Waals surface area (Å²) < 4.78 is 62.6. The van der Waals surface area contributed by atoms with Crippen molar-refractivity contribution >= 4 is 10.0 Å². The molecule has 0 saturated carbocycles. The molecule has 0 spiro atoms. The molecule has 0 radical (unpaired) electrons. The van der Waals surface area contributed by atoms with Crippen LogP contribution in [0.25, 0.3) is 0 Å². The summed E-state index contributed by atoms with van der Waals surface area (Å²) >= 11 is 0. The lowest BCUT2D eigenvalue weighted by Gasteiger charge is -2.17. The molecule has 0 fully saturated rings. The third-order valence-electron chi connectivity index (χ3n) is 2.50. The van der Waals surface area contributed by atoms with Gasteiger partial charge in [0.1, 0.15) is 0 Å². The molecule has 0 heterocycles. The van der Waals surface area contributed by atoms with Crippen molar-refractivity contribution in [3.05, 3.63) is 29.3 Å². The van der Waals surface area contributed by atoms with Crippen molar-refractivity contribution in [3.8, 4) is 6.07 Å². The Morgan fingerprint density at radius 1 is 1.40 bits per heavy atom. The van der Waals surface area contributed by atoms with Crippen LogP contribution in [0.3, 0.4) is 0 Å². The number of nitrogens with one attached hydrogen (secondary N) is 1. The van der Waals surface area contributed by atoms with Crippen LogP contribution in [-0.4, -0.2) is 20.6 Å². The van der Waals surface area contributed by atoms with Gasteiger partial charge in [-0.1, -0.05) is 6.07 Å². The van der Waals surface area contributed by atoms with Gasteiger partial charge in [0, 0.05) is 6.04 Å². The monoisotopic (exact) mass is 306 g/mol. The molecule has 0 amide bonds. The van der Waals surface area contributed by atoms with Gasteiger partial charge in [0.05, 0.1) is 22.9 Å². The summed E-state index contributed by atoms with van der Waals surface area (Å²) in [7, 11) is -4.10. The van der Waals surface area contributed by atoms with Crippen LogP contribution in [0.15, 0.2) is 23.1 Å². The van der Waals surface area contributed by atoms with Crippen molar-refractivity contribution < 1.29 is 21.6 Å². The molecule has 0 saturated heterocycles. The molecule has 0 bridgehead atoms. The van der Waals surface area contributed by atoms with E-state index in [1.54, 1.807) is 6.07 Å². The molecule has 0 aromatic heterocycles. The van der Waals surface area contributed by atoms with Gasteiger partial charge in [0.2, 0.25) is 10.0 Å². The van der Waals surface area contributed by atoms with Crippen LogP contribution in [0.1, 0.15) is 24.5 Å². The van der Waals surface area contributed by atoms with E-state index in [-0.39, 0.29) is 10.5 Å². The highest BCUT2D eigenvalue weighted by molar-refractivity contribution is 7.89. The van der Waals surface area contributed by atoms with Crippen LogP contribution in [0.2, 0.25) is 0 Å². The van der Waals surface area contributed by atoms with E-state index in [0.717, 1.165) is 13.0 Å². The summed E-state index contributed by atoms with van der Waals surface area (Å²) in [6, 6.07) is 4.51. The van der Waals surface area contributed by atoms with E-state index in [1.807, 2.05) is 4.72 Å². The highest BCUT2D eigenvalue weighted by atomic mass is 32.2. The normalized spacial score (nSPS) is 13.8. The average molecular weight is 306 g/mol. The van der Waals surface area contributed by atoms with Crippen molar-refractivity contribution in [1.82, 2.24) is 4.72 Å². The van der Waals surface area contributed by atoms with Gasteiger partial charge in [-0.2, -0.15) is 18.4 Å². The number of benzene rings is 1. The first-order valence-corrected chi connectivity index (χ1v) is 7.13. The van der Waals surface area contributed by atoms with Crippen LogP contribution < -0.4 is 4.72 Å². The summed E-state index contributed by atoms with van der Waals surface area (Å²) in [4.78, 5) is -0.189. The van der Waals surface area contributed by atoms with E-state index in [4.69, 9.17) is 5.26 Å². The number of nitrogens with zero attached hydrogens (tertiary/aromatic N) is 1. The van der Waals surface area contributed by atoms with Gasteiger partial charge in [0.25, 0.3) is 0 Å². The zero-order chi connectivity index (χ0) is 15.6. The molecule has 1 unspecified atom stereocenters. The summed E-state index contributed by atoms with van der Waals surface area (Å²) in [5.74, 6) is 0. The summed E-state index contributed by atoms with van der Waals surface area (Å²) in [5, 5.41) is 8.74. The number of alkyl halides is 3. The molecule has 1 rings (SSSR count). The number of sulfonamides is 1. The van der Waals surface area contributed by atoms with Gasteiger partial charge in [-0.05, 0) is 31.5 Å². The van der Waals surface area contributed by atoms with Crippen molar-refractivity contribution in [3.63, 3.8) is 0 Å². The number of aryl methyl sites for hydroxylation is 1. The molecule has 1 atom stereocenters. The Morgan fingerprint density at radius 2 is 2.00 bits per heavy atom. The summed E-state index contributed by atoms with van der Waals surface area (Å²) in [6.07, 6.45) is -5.71. The Labute approximate surface area is 115 Å². The van der Waals surface area contributed by atoms with E-state index in [0.29, 0.717) is 5.56 Å². The van der Waals surface area contributed by atoms with Crippen molar-refractivity contribution in [2.75, 3.05) is 0 Å². The van der Waals surface area contributed by atoms with E-state index in [1.165, 1.54) is 19.1 Å². The van der Waals surface area contributed by atoms with E-state index in [2.05, 4.69) is 0 Å². The van der Waals surface area contributed by atoms with Gasteiger partial charge >= 0.3 is 6.18 Å². The second-order valence-electron chi connectivity index (χ2n) is 4.43. The fraction of sp³-hybridized carbons (Fsp3) is 0.417. The lowest BCUT2D eigenvalue weighted by atomic mass is 10.2. The molecule has 1 aromatic rings. The molecule has 0 aliphatic carbocycles. The molecule has 4 nitrogen and oxygen atoms in total. The Hall–Kier alpha value is -1.59. The molecule has 1 N–H and O–H groups in total. The van der Waals surface area contributed by atoms with Crippen LogP contribution in [-0.2, 0) is 10.0 Å². The first-order valence-electron chi connectivity index (χ1n) is 5.65. The molecule has 0 aliphatic rings. The predicted molar refractivity (Wildman–Crippen MR) is 66.3 cm³/mol. The summed E-state index contributed by atoms with van der Waals surface area (Å²) in [5.41, 5.74) is 0.482. The average Bonchev–Trinajstić information content (AvgIpc) is 2.25. The van der Waals surface area contributed by atoms with Gasteiger partial charge < -0.3 is 0 Å². The van der Waals surface area contributed by atoms with Crippen LogP contribution in [0.5, 0.6) is 0 Å². The fourth-order valence-corrected chi connectivity index (χ4v) is 3.19. The Kier molecular flexibility index (Phi) is 4.78. The maximum absolute atomic E-state index is 12.2. The molecule has 1 aromatic carbocycles. The van der Waals surface area contributed by atoms with Gasteiger partial charge in [-0.25, -0.2) is 13.1 Å². The minimum Gasteiger partial charge on any atom is -0.208 e. The smallest absolute Gasteiger partial charge is 0.208 e. The number of rotatable bonds is 4. The maximum Gasteiger partial charge on any atom is 0.390 e. The SMILES string of the molecule is Cc1ccc(C#N)cc1S(=O)(=O)NC(C)CC(F)(F)F. The minimum atomic E-state index is -4.45. The van der Waals surface area contributed by atoms with Gasteiger partial charge in [0.15, 0.2) is 0 Å². The fourth-order valence-electron chi connectivity index (χ4n) is 1.68. The Morgan fingerprint density at radius 3 is 2.50 bits per heavy atom. The molecule has 20 heavy (non-hydrogen) atoms. The quantitative estimate of drug-likeness (QED) is 0.929. The molecule has 110 valence electrons. The van der Waals surface area contributed by atoms with Crippen LogP contribution in [0, 0.1) is 18.3 Å². The lowest BCUT2D eigenvalue weighted by Crippen LogP contribution is -2.36. The minimum absolute atomic E-state index is 0.124. The zero-order valence-electron chi connectivity index (χ0n) is 10.8. The highest BCUT2D eigenvalue weighted by Gasteiger charge is 2.32. The molecular formula is C12H13F3N2O2S. The molecule has 8 heteroatoms. The predicted octanol–water partition coefficient (Wildman–Crippen LogP) is 2.49. The first-order chi connectivity index (χ1) is 9.05. The van der Waals surface area contributed by atoms with Crippen molar-refractivity contribution in [2.24, 2.45) is 0 Å². The number of nitriles is 1. The Bertz CT molecular complexity index is 633. The third kappa shape index (κ3) is 4.51. The topological polar surface area (TPSA) is 70.0 Å². The zero-order valence-corrected chi connectivity index (χ0v) is 11.6. The molecule has 0 aliphatic heterocycles. The van der Waals surface area contributed by atoms with Crippen LogP contribution >= 0.6 is 0 Å². The van der Waals surface area contributed by atoms with Crippen molar-refractivity contribution in [1.29, 1.82) is 5.26 Å². The second kappa shape index (κ2) is 5.81. The number of hydrogen-bond acceptors (Lipinski definition) is 3. The highest BCUT2D eigenvalue weighted by Crippen LogP contribution is 2.23. The summed E-state index contributed by atoms with van der Waals surface area (Å²) in [6.45, 7) is 2.64. The standard InChI is InChI=1S/C12H13F3N2O2S/c1-8-3-4-10(7-16)5-11(8)20(18,19)17-9(2)6-12(13,14)15/h3-5,9,17H,6H2,1-2H3.